The Balaban J connectivity index is 1.12. The summed E-state index contributed by atoms with van der Waals surface area (Å²) in [5, 5.41) is 8.27. The standard InChI is InChI=1S/C31H27ClFN7O4/c32-24-6-17(19-14-44-15-19)8-34-28(24)22-7-26(38-12-20(33)13-38)36-29-23(22)9-35-40(29)10-16-1-2-21-18(5-16)11-39(31(21)43)25-3-4-27(41)37-30(25)42/h1-2,5-9,19-20,25H,3-4,10-15H2,(H,37,41,42). The van der Waals surface area contributed by atoms with Crippen molar-refractivity contribution in [1.82, 2.24) is 30.0 Å². The van der Waals surface area contributed by atoms with Crippen molar-refractivity contribution in [3.8, 4) is 11.3 Å². The minimum atomic E-state index is -0.902. The van der Waals surface area contributed by atoms with Crippen molar-refractivity contribution in [1.29, 1.82) is 0 Å². The summed E-state index contributed by atoms with van der Waals surface area (Å²) in [6, 6.07) is 8.74. The average molecular weight is 616 g/mol. The number of hydrogen-bond acceptors (Lipinski definition) is 8. The summed E-state index contributed by atoms with van der Waals surface area (Å²) in [4.78, 5) is 50.2. The third-order valence-corrected chi connectivity index (χ3v) is 9.19. The van der Waals surface area contributed by atoms with Crippen LogP contribution in [0.5, 0.6) is 0 Å². The average Bonchev–Trinajstić information content (AvgIpc) is 3.50. The summed E-state index contributed by atoms with van der Waals surface area (Å²) in [6.45, 7) is 2.48. The monoisotopic (exact) mass is 615 g/mol. The van der Waals surface area contributed by atoms with E-state index in [2.05, 4.69) is 10.4 Å². The number of carbonyl (C=O) groups is 3. The molecular weight excluding hydrogens is 589 g/mol. The fourth-order valence-electron chi connectivity index (χ4n) is 6.32. The summed E-state index contributed by atoms with van der Waals surface area (Å²) in [6.07, 6.45) is 3.18. The maximum absolute atomic E-state index is 13.8. The number of nitrogens with one attached hydrogen (secondary N) is 1. The topological polar surface area (TPSA) is 123 Å². The van der Waals surface area contributed by atoms with E-state index >= 15 is 0 Å². The van der Waals surface area contributed by atoms with Gasteiger partial charge in [0, 0.05) is 41.6 Å². The number of anilines is 1. The first-order valence-corrected chi connectivity index (χ1v) is 15.0. The predicted octanol–water partition coefficient (Wildman–Crippen LogP) is 3.23. The number of nitrogens with zero attached hydrogens (tertiary/aromatic N) is 6. The summed E-state index contributed by atoms with van der Waals surface area (Å²) in [5.74, 6) is -0.0714. The number of pyridine rings is 2. The SMILES string of the molecule is O=C1CCC(N2Cc3cc(Cn4ncc5c(-c6ncc(C7COC7)cc6Cl)cc(N6CC(F)C6)nc54)ccc3C2=O)C(=O)N1. The number of aromatic nitrogens is 4. The molecule has 1 unspecified atom stereocenters. The molecule has 1 aromatic carbocycles. The Morgan fingerprint density at radius 3 is 2.64 bits per heavy atom. The third-order valence-electron chi connectivity index (χ3n) is 8.90. The highest BCUT2D eigenvalue weighted by Crippen LogP contribution is 2.37. The second-order valence-electron chi connectivity index (χ2n) is 11.8. The first-order chi connectivity index (χ1) is 21.3. The minimum absolute atomic E-state index is 0.203. The molecule has 4 aromatic rings. The van der Waals surface area contributed by atoms with Gasteiger partial charge in [0.1, 0.15) is 18.0 Å². The van der Waals surface area contributed by atoms with Gasteiger partial charge in [0.05, 0.1) is 49.8 Å². The molecular formula is C31H27ClFN7O4. The van der Waals surface area contributed by atoms with Gasteiger partial charge in [-0.05, 0) is 41.3 Å². The van der Waals surface area contributed by atoms with E-state index < -0.39 is 18.1 Å². The number of carbonyl (C=O) groups excluding carboxylic acids is 3. The number of imide groups is 1. The number of ether oxygens (including phenoxy) is 1. The van der Waals surface area contributed by atoms with Gasteiger partial charge < -0.3 is 14.5 Å². The largest absolute Gasteiger partial charge is 0.380 e. The number of rotatable bonds is 6. The van der Waals surface area contributed by atoms with Gasteiger partial charge in [-0.3, -0.25) is 24.7 Å². The van der Waals surface area contributed by atoms with Crippen molar-refractivity contribution in [3.63, 3.8) is 0 Å². The molecule has 0 bridgehead atoms. The van der Waals surface area contributed by atoms with Crippen molar-refractivity contribution in [2.75, 3.05) is 31.2 Å². The Kier molecular flexibility index (Phi) is 6.38. The minimum Gasteiger partial charge on any atom is -0.380 e. The van der Waals surface area contributed by atoms with E-state index in [9.17, 15) is 18.8 Å². The molecule has 13 heteroatoms. The van der Waals surface area contributed by atoms with Crippen LogP contribution in [0, 0.1) is 0 Å². The van der Waals surface area contributed by atoms with Crippen molar-refractivity contribution in [2.24, 2.45) is 0 Å². The zero-order chi connectivity index (χ0) is 30.1. The molecule has 44 heavy (non-hydrogen) atoms. The Labute approximate surface area is 255 Å². The second kappa shape index (κ2) is 10.3. The van der Waals surface area contributed by atoms with Crippen LogP contribution in [0.25, 0.3) is 22.3 Å². The summed E-state index contributed by atoms with van der Waals surface area (Å²) < 4.78 is 20.9. The van der Waals surface area contributed by atoms with Crippen LogP contribution in [0.15, 0.2) is 42.7 Å². The molecule has 7 heterocycles. The van der Waals surface area contributed by atoms with Crippen LogP contribution in [0.3, 0.4) is 0 Å². The third kappa shape index (κ3) is 4.51. The number of alkyl halides is 1. The molecule has 3 fully saturated rings. The van der Waals surface area contributed by atoms with E-state index in [0.29, 0.717) is 53.9 Å². The molecule has 4 aliphatic rings. The van der Waals surface area contributed by atoms with E-state index in [1.807, 2.05) is 35.4 Å². The fraction of sp³-hybridized carbons (Fsp3) is 0.355. The van der Waals surface area contributed by atoms with Crippen molar-refractivity contribution >= 4 is 46.2 Å². The van der Waals surface area contributed by atoms with E-state index in [1.54, 1.807) is 16.9 Å². The van der Waals surface area contributed by atoms with E-state index in [-0.39, 0.29) is 43.8 Å². The molecule has 3 aromatic heterocycles. The number of halogens is 2. The number of hydrogen-bond donors (Lipinski definition) is 1. The Morgan fingerprint density at radius 2 is 1.91 bits per heavy atom. The van der Waals surface area contributed by atoms with Crippen molar-refractivity contribution < 1.29 is 23.5 Å². The van der Waals surface area contributed by atoms with Crippen LogP contribution >= 0.6 is 11.6 Å². The first kappa shape index (κ1) is 27.2. The molecule has 3 saturated heterocycles. The zero-order valence-corrected chi connectivity index (χ0v) is 24.3. The highest BCUT2D eigenvalue weighted by Gasteiger charge is 2.39. The van der Waals surface area contributed by atoms with Gasteiger partial charge in [-0.1, -0.05) is 23.7 Å². The molecule has 11 nitrogen and oxygen atoms in total. The Morgan fingerprint density at radius 1 is 1.07 bits per heavy atom. The quantitative estimate of drug-likeness (QED) is 0.328. The number of fused-ring (bicyclic) bond motifs is 2. The van der Waals surface area contributed by atoms with E-state index in [0.717, 1.165) is 27.6 Å². The Bertz CT molecular complexity index is 1870. The number of amides is 3. The zero-order valence-electron chi connectivity index (χ0n) is 23.5. The molecule has 224 valence electrons. The maximum Gasteiger partial charge on any atom is 0.255 e. The molecule has 3 amide bonds. The first-order valence-electron chi connectivity index (χ1n) is 14.6. The van der Waals surface area contributed by atoms with E-state index in [1.165, 1.54) is 4.90 Å². The summed E-state index contributed by atoms with van der Waals surface area (Å²) in [7, 11) is 0. The highest BCUT2D eigenvalue weighted by molar-refractivity contribution is 6.33. The van der Waals surface area contributed by atoms with Crippen LogP contribution in [0.1, 0.15) is 45.8 Å². The molecule has 0 spiro atoms. The van der Waals surface area contributed by atoms with E-state index in [4.69, 9.17) is 26.3 Å². The van der Waals surface area contributed by atoms with Crippen molar-refractivity contribution in [3.05, 3.63) is 70.0 Å². The Hall–Kier alpha value is -4.42. The molecule has 0 aliphatic carbocycles. The van der Waals surface area contributed by atoms with Crippen LogP contribution in [0.4, 0.5) is 10.2 Å². The van der Waals surface area contributed by atoms with Crippen molar-refractivity contribution in [2.45, 2.75) is 44.1 Å². The van der Waals surface area contributed by atoms with Gasteiger partial charge in [-0.25, -0.2) is 14.1 Å². The van der Waals surface area contributed by atoms with Crippen LogP contribution < -0.4 is 10.2 Å². The van der Waals surface area contributed by atoms with Gasteiger partial charge in [-0.2, -0.15) is 5.10 Å². The molecule has 0 saturated carbocycles. The van der Waals surface area contributed by atoms with Gasteiger partial charge in [-0.15, -0.1) is 0 Å². The lowest BCUT2D eigenvalue weighted by atomic mass is 9.98. The number of benzene rings is 1. The molecule has 8 rings (SSSR count). The lowest BCUT2D eigenvalue weighted by Gasteiger charge is -2.35. The van der Waals surface area contributed by atoms with Gasteiger partial charge >= 0.3 is 0 Å². The molecule has 1 N–H and O–H groups in total. The maximum atomic E-state index is 13.8. The summed E-state index contributed by atoms with van der Waals surface area (Å²) >= 11 is 6.78. The van der Waals surface area contributed by atoms with Gasteiger partial charge in [0.2, 0.25) is 11.8 Å². The van der Waals surface area contributed by atoms with Gasteiger partial charge in [0.25, 0.3) is 5.91 Å². The normalized spacial score (nSPS) is 20.6. The van der Waals surface area contributed by atoms with Crippen LogP contribution in [-0.2, 0) is 27.4 Å². The molecule has 1 atom stereocenters. The van der Waals surface area contributed by atoms with Crippen LogP contribution in [-0.4, -0.2) is 80.9 Å². The lowest BCUT2D eigenvalue weighted by molar-refractivity contribution is -0.136. The predicted molar refractivity (Wildman–Crippen MR) is 158 cm³/mol. The van der Waals surface area contributed by atoms with Crippen LogP contribution in [0.2, 0.25) is 5.02 Å². The number of piperidine rings is 1. The summed E-state index contributed by atoms with van der Waals surface area (Å²) in [5.41, 5.74) is 5.26. The fourth-order valence-corrected chi connectivity index (χ4v) is 6.60. The smallest absolute Gasteiger partial charge is 0.255 e. The molecule has 4 aliphatic heterocycles. The second-order valence-corrected chi connectivity index (χ2v) is 12.2. The lowest BCUT2D eigenvalue weighted by Crippen LogP contribution is -2.52. The highest BCUT2D eigenvalue weighted by atomic mass is 35.5. The molecule has 0 radical (unpaired) electrons. The van der Waals surface area contributed by atoms with Gasteiger partial charge in [0.15, 0.2) is 5.65 Å².